The van der Waals surface area contributed by atoms with E-state index in [1.807, 2.05) is 0 Å². The lowest BCUT2D eigenvalue weighted by atomic mass is 9.57. The number of carbonyl (C=O) groups excluding carboxylic acids is 2. The summed E-state index contributed by atoms with van der Waals surface area (Å²) in [6.45, 7) is 1.39. The Morgan fingerprint density at radius 3 is 2.38 bits per heavy atom. The van der Waals surface area contributed by atoms with Crippen molar-refractivity contribution in [3.05, 3.63) is 0 Å². The van der Waals surface area contributed by atoms with Crippen molar-refractivity contribution in [1.29, 1.82) is 0 Å². The molecule has 1 saturated heterocycles. The molecule has 5 atom stereocenters. The zero-order chi connectivity index (χ0) is 22.8. The highest BCUT2D eigenvalue weighted by Crippen LogP contribution is 2.52. The number of rotatable bonds is 7. The van der Waals surface area contributed by atoms with Gasteiger partial charge in [0.1, 0.15) is 12.8 Å². The number of ether oxygens (including phenoxy) is 1. The second kappa shape index (κ2) is 10.3. The Balaban J connectivity index is 1.19. The van der Waals surface area contributed by atoms with Crippen molar-refractivity contribution in [2.45, 2.75) is 105 Å². The molecule has 32 heavy (non-hydrogen) atoms. The average Bonchev–Trinajstić information content (AvgIpc) is 2.80. The highest BCUT2D eigenvalue weighted by atomic mass is 35.5. The minimum absolute atomic E-state index is 0.0464. The number of halogens is 3. The van der Waals surface area contributed by atoms with Gasteiger partial charge in [0.2, 0.25) is 11.8 Å². The summed E-state index contributed by atoms with van der Waals surface area (Å²) < 4.78 is 19.4. The van der Waals surface area contributed by atoms with E-state index in [2.05, 4.69) is 16.0 Å². The predicted molar refractivity (Wildman–Crippen MR) is 123 cm³/mol. The normalized spacial score (nSPS) is 41.8. The molecule has 0 radical (unpaired) electrons. The van der Waals surface area contributed by atoms with Gasteiger partial charge in [0.15, 0.2) is 0 Å². The van der Waals surface area contributed by atoms with Crippen molar-refractivity contribution in [1.82, 2.24) is 16.0 Å². The van der Waals surface area contributed by atoms with Crippen LogP contribution in [-0.4, -0.2) is 66.1 Å². The average molecular weight is 492 g/mol. The van der Waals surface area contributed by atoms with Crippen LogP contribution in [-0.2, 0) is 14.3 Å². The van der Waals surface area contributed by atoms with E-state index in [1.54, 1.807) is 0 Å². The second-order valence-corrected chi connectivity index (χ2v) is 11.6. The Kier molecular flexibility index (Phi) is 7.90. The highest BCUT2D eigenvalue weighted by molar-refractivity contribution is 6.21. The van der Waals surface area contributed by atoms with Crippen molar-refractivity contribution in [3.63, 3.8) is 0 Å². The molecule has 2 amide bonds. The van der Waals surface area contributed by atoms with Gasteiger partial charge in [0, 0.05) is 41.9 Å². The summed E-state index contributed by atoms with van der Waals surface area (Å²) >= 11 is 12.0. The summed E-state index contributed by atoms with van der Waals surface area (Å²) in [4.78, 5) is 25.6. The fourth-order valence-electron chi connectivity index (χ4n) is 5.89. The molecule has 2 bridgehead atoms. The van der Waals surface area contributed by atoms with Crippen LogP contribution in [0.15, 0.2) is 0 Å². The Hall–Kier alpha value is -0.630. The van der Waals surface area contributed by atoms with Gasteiger partial charge in [-0.25, -0.2) is 4.39 Å². The molecule has 0 spiro atoms. The smallest absolute Gasteiger partial charge is 0.246 e. The van der Waals surface area contributed by atoms with Crippen LogP contribution in [0.3, 0.4) is 0 Å². The minimum atomic E-state index is -1.07. The third-order valence-electron chi connectivity index (χ3n) is 8.19. The molecule has 1 heterocycles. The van der Waals surface area contributed by atoms with Gasteiger partial charge in [-0.3, -0.25) is 9.59 Å². The lowest BCUT2D eigenvalue weighted by molar-refractivity contribution is -0.141. The first-order valence-electron chi connectivity index (χ1n) is 12.2. The molecule has 182 valence electrons. The van der Waals surface area contributed by atoms with E-state index >= 15 is 0 Å². The first kappa shape index (κ1) is 24.5. The fraction of sp³-hybridized carbons (Fsp3) is 0.913. The Bertz CT molecular complexity index is 665. The number of nitrogens with one attached hydrogen (secondary N) is 3. The van der Waals surface area contributed by atoms with E-state index in [4.69, 9.17) is 27.9 Å². The van der Waals surface area contributed by atoms with Crippen molar-refractivity contribution >= 4 is 35.0 Å². The summed E-state index contributed by atoms with van der Waals surface area (Å²) in [5.41, 5.74) is -0.539. The largest absolute Gasteiger partial charge is 0.368 e. The molecule has 1 aliphatic heterocycles. The molecule has 0 aromatic heterocycles. The highest BCUT2D eigenvalue weighted by Gasteiger charge is 2.52. The Morgan fingerprint density at radius 1 is 1.03 bits per heavy atom. The van der Waals surface area contributed by atoms with Crippen LogP contribution in [0.5, 0.6) is 0 Å². The van der Waals surface area contributed by atoms with Crippen LogP contribution in [0.25, 0.3) is 0 Å². The van der Waals surface area contributed by atoms with Gasteiger partial charge < -0.3 is 20.7 Å². The minimum Gasteiger partial charge on any atom is -0.368 e. The summed E-state index contributed by atoms with van der Waals surface area (Å²) in [5, 5.41) is 9.51. The molecule has 9 heteroatoms. The molecule has 5 unspecified atom stereocenters. The van der Waals surface area contributed by atoms with Crippen LogP contribution in [0.4, 0.5) is 4.39 Å². The third kappa shape index (κ3) is 5.70. The maximum absolute atomic E-state index is 13.8. The van der Waals surface area contributed by atoms with Gasteiger partial charge in [-0.1, -0.05) is 0 Å². The third-order valence-corrected chi connectivity index (χ3v) is 9.06. The van der Waals surface area contributed by atoms with Gasteiger partial charge in [-0.15, -0.1) is 23.2 Å². The molecule has 4 aliphatic carbocycles. The molecule has 4 saturated carbocycles. The van der Waals surface area contributed by atoms with Crippen LogP contribution >= 0.6 is 23.2 Å². The predicted octanol–water partition coefficient (Wildman–Crippen LogP) is 3.19. The summed E-state index contributed by atoms with van der Waals surface area (Å²) in [6, 6.07) is 0.295. The monoisotopic (exact) mass is 491 g/mol. The quantitative estimate of drug-likeness (QED) is 0.477. The maximum atomic E-state index is 13.8. The van der Waals surface area contributed by atoms with Gasteiger partial charge in [-0.2, -0.15) is 0 Å². The van der Waals surface area contributed by atoms with Crippen LogP contribution in [0.1, 0.15) is 70.6 Å². The Morgan fingerprint density at radius 2 is 1.75 bits per heavy atom. The number of carbonyl (C=O) groups is 2. The summed E-state index contributed by atoms with van der Waals surface area (Å²) in [6.07, 6.45) is 7.00. The van der Waals surface area contributed by atoms with Crippen molar-refractivity contribution in [2.24, 2.45) is 5.41 Å². The maximum Gasteiger partial charge on any atom is 0.246 e. The number of hydrogen-bond acceptors (Lipinski definition) is 4. The van der Waals surface area contributed by atoms with E-state index in [0.717, 1.165) is 57.9 Å². The van der Waals surface area contributed by atoms with E-state index in [-0.39, 0.29) is 47.3 Å². The Labute approximate surface area is 200 Å². The topological polar surface area (TPSA) is 79.5 Å². The fourth-order valence-corrected chi connectivity index (χ4v) is 6.34. The number of fused-ring (bicyclic) bond motifs is 3. The molecule has 3 N–H and O–H groups in total. The summed E-state index contributed by atoms with van der Waals surface area (Å²) in [5.74, 6) is 0.0131. The van der Waals surface area contributed by atoms with E-state index in [1.165, 1.54) is 0 Å². The van der Waals surface area contributed by atoms with Crippen molar-refractivity contribution in [3.8, 4) is 0 Å². The van der Waals surface area contributed by atoms with Gasteiger partial charge >= 0.3 is 0 Å². The molecule has 5 rings (SSSR count). The SMILES string of the molecule is O=C(COC1CCC(Cl)C(F)C1)NC12CCC(C(=O)NCC3CCC(Cl)CN3)(CC1)CC2. The summed E-state index contributed by atoms with van der Waals surface area (Å²) in [7, 11) is 0. The van der Waals surface area contributed by atoms with Gasteiger partial charge in [-0.05, 0) is 64.2 Å². The molecule has 5 fully saturated rings. The van der Waals surface area contributed by atoms with Crippen LogP contribution < -0.4 is 16.0 Å². The number of hydrogen-bond donors (Lipinski definition) is 3. The molecular weight excluding hydrogens is 456 g/mol. The van der Waals surface area contributed by atoms with Gasteiger partial charge in [0.25, 0.3) is 0 Å². The van der Waals surface area contributed by atoms with Crippen molar-refractivity contribution < 1.29 is 18.7 Å². The van der Waals surface area contributed by atoms with Crippen LogP contribution in [0, 0.1) is 5.41 Å². The van der Waals surface area contributed by atoms with Crippen LogP contribution in [0.2, 0.25) is 0 Å². The molecule has 6 nitrogen and oxygen atoms in total. The number of amides is 2. The second-order valence-electron chi connectivity index (χ2n) is 10.4. The zero-order valence-corrected chi connectivity index (χ0v) is 20.2. The van der Waals surface area contributed by atoms with E-state index < -0.39 is 11.5 Å². The van der Waals surface area contributed by atoms with Crippen molar-refractivity contribution in [2.75, 3.05) is 19.7 Å². The molecule has 5 aliphatic rings. The van der Waals surface area contributed by atoms with E-state index in [9.17, 15) is 14.0 Å². The first-order chi connectivity index (χ1) is 15.3. The lowest BCUT2D eigenvalue weighted by Crippen LogP contribution is -2.60. The molecular formula is C23H36Cl2FN3O3. The van der Waals surface area contributed by atoms with E-state index in [0.29, 0.717) is 25.4 Å². The van der Waals surface area contributed by atoms with Gasteiger partial charge in [0.05, 0.1) is 11.5 Å². The molecule has 0 aromatic rings. The molecule has 0 aromatic carbocycles. The zero-order valence-electron chi connectivity index (χ0n) is 18.6. The standard InChI is InChI=1S/C23H36Cl2FN3O3/c24-15-1-2-16(27-12-15)13-28-21(31)22-5-8-23(9-6-22,10-7-22)29-20(30)14-32-17-3-4-18(25)19(26)11-17/h15-19,27H,1-14H2,(H,28,31)(H,29,30). The number of alkyl halides is 3. The first-order valence-corrected chi connectivity index (χ1v) is 13.0. The lowest BCUT2D eigenvalue weighted by Gasteiger charge is -2.52. The number of piperidine rings is 1.